The molecule has 2 fully saturated rings. The van der Waals surface area contributed by atoms with Crippen LogP contribution >= 0.6 is 23.2 Å². The molecule has 6 aromatic carbocycles. The zero-order chi connectivity index (χ0) is 70.3. The molecule has 0 bridgehead atoms. The molecule has 0 spiro atoms. The summed E-state index contributed by atoms with van der Waals surface area (Å²) in [4.78, 5) is 51.2. The number of hydrogen-bond donors (Lipinski definition) is 3. The van der Waals surface area contributed by atoms with Crippen LogP contribution < -0.4 is 20.5 Å². The third-order valence-electron chi connectivity index (χ3n) is 13.8. The zero-order valence-electron chi connectivity index (χ0n) is 51.0. The number of nitrogens with two attached hydrogens (primary N) is 1. The number of halogens is 16. The van der Waals surface area contributed by atoms with E-state index in [0.29, 0.717) is 23.3 Å². The number of nitrogens with one attached hydrogen (secondary N) is 1. The van der Waals surface area contributed by atoms with E-state index >= 15 is 4.39 Å². The number of rotatable bonds is 17. The largest absolute Gasteiger partial charge is 0.480 e. The Morgan fingerprint density at radius 3 is 1.32 bits per heavy atom. The van der Waals surface area contributed by atoms with Gasteiger partial charge in [-0.3, -0.25) is 14.6 Å². The minimum absolute atomic E-state index is 0.00183. The lowest BCUT2D eigenvalue weighted by atomic mass is 9.77. The van der Waals surface area contributed by atoms with E-state index in [9.17, 15) is 76.3 Å². The van der Waals surface area contributed by atoms with Crippen LogP contribution in [0.5, 0.6) is 11.5 Å². The highest BCUT2D eigenvalue weighted by Gasteiger charge is 2.49. The van der Waals surface area contributed by atoms with Gasteiger partial charge >= 0.3 is 43.2 Å². The van der Waals surface area contributed by atoms with Gasteiger partial charge in [-0.05, 0) is 130 Å². The number of carboxylic acids is 1. The molecule has 0 aromatic heterocycles. The summed E-state index contributed by atoms with van der Waals surface area (Å²) < 4.78 is 209. The molecule has 2 heterocycles. The highest BCUT2D eigenvalue weighted by molar-refractivity contribution is 6.40. The quantitative estimate of drug-likeness (QED) is 0.0590. The first-order valence-corrected chi connectivity index (χ1v) is 29.4. The van der Waals surface area contributed by atoms with E-state index in [1.165, 1.54) is 24.3 Å². The lowest BCUT2D eigenvalue weighted by molar-refractivity contribution is -0.253. The summed E-state index contributed by atoms with van der Waals surface area (Å²) in [7, 11) is 0. The number of nitrogens with zero attached hydrogens (tertiary/aromatic N) is 2. The lowest BCUT2D eigenvalue weighted by Crippen LogP contribution is -2.55. The molecule has 6 atom stereocenters. The second-order valence-electron chi connectivity index (χ2n) is 23.4. The summed E-state index contributed by atoms with van der Waals surface area (Å²) >= 11 is 9.53. The topological polar surface area (TPSA) is 170 Å². The molecule has 0 aliphatic carbocycles. The van der Waals surface area contributed by atoms with E-state index in [4.69, 9.17) is 43.5 Å². The molecule has 2 aliphatic rings. The van der Waals surface area contributed by atoms with E-state index in [2.05, 4.69) is 14.8 Å². The van der Waals surface area contributed by atoms with Gasteiger partial charge in [0, 0.05) is 31.4 Å². The van der Waals surface area contributed by atoms with Gasteiger partial charge in [-0.2, -0.15) is 35.1 Å². The molecule has 3 amide bonds. The summed E-state index contributed by atoms with van der Waals surface area (Å²) in [6, 6.07) is 29.0. The summed E-state index contributed by atoms with van der Waals surface area (Å²) in [5.74, 6) is -7.30. The Morgan fingerprint density at radius 1 is 0.543 bits per heavy atom. The molecule has 0 radical (unpaired) electrons. The van der Waals surface area contributed by atoms with Crippen molar-refractivity contribution in [2.24, 2.45) is 5.73 Å². The predicted octanol–water partition coefficient (Wildman–Crippen LogP) is 15.6. The molecule has 6 aromatic rings. The van der Waals surface area contributed by atoms with Gasteiger partial charge in [0.25, 0.3) is 0 Å². The molecule has 29 heteroatoms. The van der Waals surface area contributed by atoms with Crippen LogP contribution in [0.15, 0.2) is 146 Å². The second kappa shape index (κ2) is 32.4. The standard InChI is InChI=1S/C32H31F7N2O4.C22H17F6NO.C10H16FNO4.CH2Cl2/c1-30(2,3)45-29(43)41-18-24(35)16-26(41)27(42)40-31(17-19-7-5-4-6-8-19,20-9-11-22(33)12-10-20)21-13-23(34)15-25(14-21)44-32(38,39)28(36)37;23-17-8-6-15(7-9-17)21(29,13-14-4-2-1-3-5-14)16-10-18(24)12-19(11-16)30-22(27,28)20(25)26;1-10(2,3)16-9(15)12-5-6(11)4-7(12)8(13)14;2-1-3/h4-15,24,26,28H,16-18H2,1-3H3,(H,40,42);1-12,20H,13,29H2;6-7H,4-5H2,1-3H3,(H,13,14);1H2/t24-,26+,31-;21-;6-,7+;/m111./s1. The van der Waals surface area contributed by atoms with Crippen molar-refractivity contribution < 1.29 is 105 Å². The predicted molar refractivity (Wildman–Crippen MR) is 320 cm³/mol. The molecule has 94 heavy (non-hydrogen) atoms. The van der Waals surface area contributed by atoms with Crippen LogP contribution in [0.25, 0.3) is 0 Å². The van der Waals surface area contributed by atoms with Crippen molar-refractivity contribution in [3.8, 4) is 11.5 Å². The first kappa shape index (κ1) is 76.7. The minimum Gasteiger partial charge on any atom is -0.480 e. The van der Waals surface area contributed by atoms with Crippen molar-refractivity contribution in [3.63, 3.8) is 0 Å². The van der Waals surface area contributed by atoms with Gasteiger partial charge in [-0.1, -0.05) is 84.9 Å². The maximum Gasteiger partial charge on any atom is 0.461 e. The maximum atomic E-state index is 15.1. The zero-order valence-corrected chi connectivity index (χ0v) is 52.5. The molecule has 2 saturated heterocycles. The average molecular weight is 1380 g/mol. The Balaban J connectivity index is 0.000000279. The lowest BCUT2D eigenvalue weighted by Gasteiger charge is -2.38. The van der Waals surface area contributed by atoms with E-state index in [1.807, 2.05) is 0 Å². The third-order valence-corrected chi connectivity index (χ3v) is 13.8. The monoisotopic (exact) mass is 1380 g/mol. The van der Waals surface area contributed by atoms with Crippen molar-refractivity contribution in [3.05, 3.63) is 202 Å². The Hall–Kier alpha value is -8.04. The van der Waals surface area contributed by atoms with Gasteiger partial charge < -0.3 is 35.1 Å². The summed E-state index contributed by atoms with van der Waals surface area (Å²) in [5, 5.41) is 11.8. The molecule has 8 rings (SSSR count). The molecular weight excluding hydrogens is 1320 g/mol. The van der Waals surface area contributed by atoms with Crippen LogP contribution in [0.3, 0.4) is 0 Å². The summed E-state index contributed by atoms with van der Waals surface area (Å²) in [6.07, 6.45) is -23.5. The molecular formula is C65H66Cl2F14N4O9. The summed E-state index contributed by atoms with van der Waals surface area (Å²) in [6.45, 7) is 9.09. The second-order valence-corrected chi connectivity index (χ2v) is 24.2. The van der Waals surface area contributed by atoms with Crippen LogP contribution in [0.4, 0.5) is 71.1 Å². The number of carbonyl (C=O) groups excluding carboxylic acids is 3. The van der Waals surface area contributed by atoms with Crippen LogP contribution in [0.2, 0.25) is 0 Å². The van der Waals surface area contributed by atoms with E-state index in [1.54, 1.807) is 102 Å². The Kier molecular flexibility index (Phi) is 26.4. The van der Waals surface area contributed by atoms with Crippen molar-refractivity contribution in [2.45, 2.75) is 139 Å². The number of hydrogen-bond acceptors (Lipinski definition) is 9. The number of alkyl halides is 12. The number of ether oxygens (including phenoxy) is 4. The minimum atomic E-state index is -4.99. The average Bonchev–Trinajstić information content (AvgIpc) is 0.781. The Bertz CT molecular complexity index is 3470. The van der Waals surface area contributed by atoms with Gasteiger partial charge in [0.2, 0.25) is 5.91 Å². The van der Waals surface area contributed by atoms with Gasteiger partial charge in [0.05, 0.1) is 29.5 Å². The molecule has 2 aliphatic heterocycles. The molecule has 4 N–H and O–H groups in total. The van der Waals surface area contributed by atoms with Crippen LogP contribution in [0, 0.1) is 23.3 Å². The maximum absolute atomic E-state index is 15.1. The van der Waals surface area contributed by atoms with E-state index in [0.717, 1.165) is 63.9 Å². The first-order chi connectivity index (χ1) is 43.7. The van der Waals surface area contributed by atoms with Crippen molar-refractivity contribution >= 4 is 47.3 Å². The van der Waals surface area contributed by atoms with Crippen LogP contribution in [0.1, 0.15) is 87.8 Å². The van der Waals surface area contributed by atoms with Gasteiger partial charge in [-0.15, -0.1) is 23.2 Å². The number of amides is 3. The third kappa shape index (κ3) is 21.8. The number of carbonyl (C=O) groups is 4. The molecule has 13 nitrogen and oxygen atoms in total. The number of aliphatic carboxylic acids is 1. The fourth-order valence-corrected chi connectivity index (χ4v) is 9.77. The Labute approximate surface area is 542 Å². The summed E-state index contributed by atoms with van der Waals surface area (Å²) in [5.41, 5.74) is 3.00. The van der Waals surface area contributed by atoms with Gasteiger partial charge in [-0.25, -0.2) is 40.7 Å². The molecule has 0 unspecified atom stereocenters. The fourth-order valence-electron chi connectivity index (χ4n) is 9.77. The fraction of sp³-hybridized carbons (Fsp3) is 0.385. The normalized spacial score (nSPS) is 17.8. The van der Waals surface area contributed by atoms with E-state index < -0.39 is 144 Å². The van der Waals surface area contributed by atoms with Crippen molar-refractivity contribution in [1.82, 2.24) is 15.1 Å². The molecule has 0 saturated carbocycles. The highest BCUT2D eigenvalue weighted by Crippen LogP contribution is 2.40. The molecule has 512 valence electrons. The van der Waals surface area contributed by atoms with Crippen molar-refractivity contribution in [2.75, 3.05) is 18.4 Å². The smallest absolute Gasteiger partial charge is 0.461 e. The number of carboxylic acid groups (broad SMARTS) is 1. The van der Waals surface area contributed by atoms with Gasteiger partial charge in [0.15, 0.2) is 0 Å². The van der Waals surface area contributed by atoms with Crippen LogP contribution in [-0.2, 0) is 43.0 Å². The van der Waals surface area contributed by atoms with Gasteiger partial charge in [0.1, 0.15) is 70.4 Å². The van der Waals surface area contributed by atoms with E-state index in [-0.39, 0.29) is 47.8 Å². The SMILES string of the molecule is CC(C)(C)OC(=O)N1C[C@H](F)C[C@H]1C(=O)N[C@](Cc1ccccc1)(c1ccc(F)cc1)c1cc(F)cc(OC(F)(F)C(F)F)c1.CC(C)(C)OC(=O)N1C[C@H](F)C[C@H]1C(=O)O.ClCCl.N[C@](Cc1ccccc1)(c1ccc(F)cc1)c1cc(F)cc(OC(F)(F)C(F)F)c1. The Morgan fingerprint density at radius 2 is 0.915 bits per heavy atom. The highest BCUT2D eigenvalue weighted by atomic mass is 35.5. The van der Waals surface area contributed by atoms with Crippen LogP contribution in [-0.4, -0.2) is 118 Å². The number of likely N-dealkylation sites (tertiary alicyclic amines) is 2. The first-order valence-electron chi connectivity index (χ1n) is 28.4. The number of benzene rings is 6. The van der Waals surface area contributed by atoms with Crippen molar-refractivity contribution in [1.29, 1.82) is 0 Å².